The molecule has 3 nitrogen and oxygen atoms in total. The topological polar surface area (TPSA) is 47.0 Å². The number of halogens is 3. The Kier molecular flexibility index (Phi) is 5.84. The van der Waals surface area contributed by atoms with Gasteiger partial charge >= 0.3 is 6.18 Å². The second kappa shape index (κ2) is 8.48. The second-order valence-electron chi connectivity index (χ2n) is 7.81. The normalized spacial score (nSPS) is 12.0. The zero-order valence-electron chi connectivity index (χ0n) is 17.9. The first-order valence-corrected chi connectivity index (χ1v) is 12.0. The van der Waals surface area contributed by atoms with E-state index < -0.39 is 21.6 Å². The maximum Gasteiger partial charge on any atom is 0.416 e. The van der Waals surface area contributed by atoms with Crippen molar-refractivity contribution in [2.45, 2.75) is 18.0 Å². The quantitative estimate of drug-likeness (QED) is 0.331. The first-order valence-electron chi connectivity index (χ1n) is 10.1. The summed E-state index contributed by atoms with van der Waals surface area (Å²) in [6.07, 6.45) is -3.21. The van der Waals surface area contributed by atoms with Crippen molar-refractivity contribution in [2.24, 2.45) is 0 Å². The minimum atomic E-state index is -4.39. The van der Waals surface area contributed by atoms with Gasteiger partial charge in [0.1, 0.15) is 0 Å². The average Bonchev–Trinajstić information content (AvgIpc) is 2.78. The molecule has 0 unspecified atom stereocenters. The van der Waals surface area contributed by atoms with Gasteiger partial charge in [-0.1, -0.05) is 48.5 Å². The molecule has 0 N–H and O–H groups in total. The fraction of sp³-hybridized carbons (Fsp3) is 0.115. The Morgan fingerprint density at radius 1 is 0.727 bits per heavy atom. The van der Waals surface area contributed by atoms with E-state index >= 15 is 0 Å². The Morgan fingerprint density at radius 3 is 2.06 bits per heavy atom. The van der Waals surface area contributed by atoms with Crippen LogP contribution in [-0.2, 0) is 16.0 Å². The highest BCUT2D eigenvalue weighted by Crippen LogP contribution is 2.34. The number of aromatic nitrogens is 1. The van der Waals surface area contributed by atoms with Crippen molar-refractivity contribution in [2.75, 3.05) is 6.26 Å². The van der Waals surface area contributed by atoms with Gasteiger partial charge in [0, 0.05) is 23.1 Å². The molecule has 4 rings (SSSR count). The molecule has 168 valence electrons. The molecule has 1 heterocycles. The molecule has 0 amide bonds. The highest BCUT2D eigenvalue weighted by atomic mass is 32.2. The fourth-order valence-electron chi connectivity index (χ4n) is 3.71. The molecule has 0 aliphatic rings. The number of aryl methyl sites for hydroxylation is 1. The van der Waals surface area contributed by atoms with E-state index in [1.165, 1.54) is 18.4 Å². The van der Waals surface area contributed by atoms with Gasteiger partial charge < -0.3 is 0 Å². The Morgan fingerprint density at radius 2 is 1.39 bits per heavy atom. The van der Waals surface area contributed by atoms with Crippen LogP contribution in [0.2, 0.25) is 0 Å². The molecule has 0 spiro atoms. The van der Waals surface area contributed by atoms with E-state index in [0.29, 0.717) is 22.5 Å². The first-order chi connectivity index (χ1) is 15.5. The lowest BCUT2D eigenvalue weighted by atomic mass is 9.98. The highest BCUT2D eigenvalue weighted by Gasteiger charge is 2.30. The Bertz CT molecular complexity index is 1430. The molecule has 4 aromatic rings. The van der Waals surface area contributed by atoms with Gasteiger partial charge in [-0.15, -0.1) is 0 Å². The summed E-state index contributed by atoms with van der Waals surface area (Å²) < 4.78 is 63.2. The van der Waals surface area contributed by atoms with Crippen LogP contribution < -0.4 is 0 Å². The van der Waals surface area contributed by atoms with E-state index in [2.05, 4.69) is 4.98 Å². The van der Waals surface area contributed by atoms with E-state index in [1.807, 2.05) is 43.3 Å². The van der Waals surface area contributed by atoms with Gasteiger partial charge in [-0.05, 0) is 60.0 Å². The molecule has 0 fully saturated rings. The van der Waals surface area contributed by atoms with Crippen LogP contribution in [0, 0.1) is 6.92 Å². The molecular formula is C26H20F3NO2S. The molecule has 1 aromatic heterocycles. The summed E-state index contributed by atoms with van der Waals surface area (Å²) in [5.41, 5.74) is 4.14. The van der Waals surface area contributed by atoms with Crippen molar-refractivity contribution in [1.29, 1.82) is 0 Å². The summed E-state index contributed by atoms with van der Waals surface area (Å²) in [5.74, 6) is 0. The Balaban J connectivity index is 1.77. The Labute approximate surface area is 190 Å². The third-order valence-corrected chi connectivity index (χ3v) is 6.41. The van der Waals surface area contributed by atoms with Crippen LogP contribution >= 0.6 is 0 Å². The molecule has 3 aromatic carbocycles. The van der Waals surface area contributed by atoms with Gasteiger partial charge in [0.05, 0.1) is 16.2 Å². The maximum absolute atomic E-state index is 12.9. The standard InChI is InChI=1S/C26H20F3NO2S/c1-17-14-21(18-10-12-22(13-11-18)26(27,28)29)16-24(30-17)20-7-5-6-19(15-20)23-8-3-4-9-25(23)33(2,31)32/h3-16H,1-2H3. The minimum Gasteiger partial charge on any atom is -0.253 e. The molecule has 0 saturated carbocycles. The number of sulfone groups is 1. The Hall–Kier alpha value is -3.45. The van der Waals surface area contributed by atoms with Crippen LogP contribution in [0.15, 0.2) is 89.8 Å². The second-order valence-corrected chi connectivity index (χ2v) is 9.79. The number of hydrogen-bond acceptors (Lipinski definition) is 3. The number of benzene rings is 3. The monoisotopic (exact) mass is 467 g/mol. The number of hydrogen-bond donors (Lipinski definition) is 0. The fourth-order valence-corrected chi connectivity index (χ4v) is 4.62. The van der Waals surface area contributed by atoms with E-state index in [0.717, 1.165) is 28.8 Å². The van der Waals surface area contributed by atoms with Crippen molar-refractivity contribution in [1.82, 2.24) is 4.98 Å². The molecular weight excluding hydrogens is 447 g/mol. The van der Waals surface area contributed by atoms with Gasteiger partial charge in [0.15, 0.2) is 9.84 Å². The zero-order chi connectivity index (χ0) is 23.8. The number of alkyl halides is 3. The van der Waals surface area contributed by atoms with Crippen LogP contribution in [0.3, 0.4) is 0 Å². The van der Waals surface area contributed by atoms with Gasteiger partial charge in [-0.2, -0.15) is 13.2 Å². The number of rotatable bonds is 4. The lowest BCUT2D eigenvalue weighted by molar-refractivity contribution is -0.137. The summed E-state index contributed by atoms with van der Waals surface area (Å²) in [7, 11) is -3.42. The summed E-state index contributed by atoms with van der Waals surface area (Å²) in [4.78, 5) is 4.83. The van der Waals surface area contributed by atoms with Crippen molar-refractivity contribution >= 4 is 9.84 Å². The number of pyridine rings is 1. The van der Waals surface area contributed by atoms with Gasteiger partial charge in [-0.25, -0.2) is 8.42 Å². The van der Waals surface area contributed by atoms with E-state index in [4.69, 9.17) is 0 Å². The minimum absolute atomic E-state index is 0.241. The van der Waals surface area contributed by atoms with E-state index in [-0.39, 0.29) is 4.90 Å². The van der Waals surface area contributed by atoms with Crippen molar-refractivity contribution in [3.63, 3.8) is 0 Å². The third-order valence-electron chi connectivity index (χ3n) is 5.25. The van der Waals surface area contributed by atoms with Gasteiger partial charge in [-0.3, -0.25) is 4.98 Å². The SMILES string of the molecule is Cc1cc(-c2ccc(C(F)(F)F)cc2)cc(-c2cccc(-c3ccccc3S(C)(=O)=O)c2)n1. The predicted molar refractivity (Wildman–Crippen MR) is 123 cm³/mol. The van der Waals surface area contributed by atoms with Crippen molar-refractivity contribution in [3.05, 3.63) is 96.2 Å². The smallest absolute Gasteiger partial charge is 0.253 e. The van der Waals surface area contributed by atoms with Crippen molar-refractivity contribution in [3.8, 4) is 33.5 Å². The molecule has 33 heavy (non-hydrogen) atoms. The summed E-state index contributed by atoms with van der Waals surface area (Å²) >= 11 is 0. The van der Waals surface area contributed by atoms with Gasteiger partial charge in [0.2, 0.25) is 0 Å². The van der Waals surface area contributed by atoms with Crippen LogP contribution in [0.4, 0.5) is 13.2 Å². The lowest BCUT2D eigenvalue weighted by Crippen LogP contribution is -2.04. The van der Waals surface area contributed by atoms with Crippen molar-refractivity contribution < 1.29 is 21.6 Å². The maximum atomic E-state index is 12.9. The first kappa shape index (κ1) is 22.7. The summed E-state index contributed by atoms with van der Waals surface area (Å²) in [6.45, 7) is 1.82. The predicted octanol–water partition coefficient (Wildman–Crippen LogP) is 6.81. The molecule has 0 radical (unpaired) electrons. The summed E-state index contributed by atoms with van der Waals surface area (Å²) in [5, 5.41) is 0. The molecule has 0 aliphatic carbocycles. The summed E-state index contributed by atoms with van der Waals surface area (Å²) in [6, 6.07) is 22.8. The molecule has 0 bridgehead atoms. The van der Waals surface area contributed by atoms with Crippen LogP contribution in [0.1, 0.15) is 11.3 Å². The lowest BCUT2D eigenvalue weighted by Gasteiger charge is -2.12. The molecule has 0 saturated heterocycles. The van der Waals surface area contributed by atoms with E-state index in [9.17, 15) is 21.6 Å². The third kappa shape index (κ3) is 4.98. The molecule has 7 heteroatoms. The van der Waals surface area contributed by atoms with Gasteiger partial charge in [0.25, 0.3) is 0 Å². The number of nitrogens with zero attached hydrogens (tertiary/aromatic N) is 1. The van der Waals surface area contributed by atoms with Crippen LogP contribution in [0.25, 0.3) is 33.5 Å². The van der Waals surface area contributed by atoms with Crippen LogP contribution in [-0.4, -0.2) is 19.7 Å². The highest BCUT2D eigenvalue weighted by molar-refractivity contribution is 7.90. The van der Waals surface area contributed by atoms with Crippen LogP contribution in [0.5, 0.6) is 0 Å². The molecule has 0 aliphatic heterocycles. The molecule has 0 atom stereocenters. The van der Waals surface area contributed by atoms with E-state index in [1.54, 1.807) is 24.3 Å². The zero-order valence-corrected chi connectivity index (χ0v) is 18.7. The largest absolute Gasteiger partial charge is 0.416 e. The average molecular weight is 468 g/mol.